The largest absolute Gasteiger partial charge is 0.444 e. The average Bonchev–Trinajstić information content (AvgIpc) is 2.45. The lowest BCUT2D eigenvalue weighted by atomic mass is 9.84. The number of carbonyl (C=O) groups excluding carboxylic acids is 1. The van der Waals surface area contributed by atoms with Crippen molar-refractivity contribution in [3.63, 3.8) is 0 Å². The van der Waals surface area contributed by atoms with Crippen molar-refractivity contribution in [1.82, 2.24) is 10.2 Å². The highest BCUT2D eigenvalue weighted by Gasteiger charge is 2.22. The van der Waals surface area contributed by atoms with Gasteiger partial charge in [-0.15, -0.1) is 0 Å². The Hall–Kier alpha value is -0.770. The molecule has 1 fully saturated rings. The normalized spacial score (nSPS) is 22.4. The third-order valence-corrected chi connectivity index (χ3v) is 4.43. The standard InChI is InChI=1S/C18H36N2O2/c1-6-15-10-8-11-16(14-15)19-12-9-13-20(7-2)17(21)22-18(3,4)5/h15-16,19H,6-14H2,1-5H3. The molecule has 0 aromatic rings. The van der Waals surface area contributed by atoms with E-state index in [9.17, 15) is 4.79 Å². The summed E-state index contributed by atoms with van der Waals surface area (Å²) in [5, 5.41) is 3.67. The van der Waals surface area contributed by atoms with Gasteiger partial charge < -0.3 is 15.0 Å². The van der Waals surface area contributed by atoms with E-state index in [0.29, 0.717) is 12.6 Å². The van der Waals surface area contributed by atoms with Gasteiger partial charge in [0, 0.05) is 19.1 Å². The third kappa shape index (κ3) is 7.48. The molecule has 22 heavy (non-hydrogen) atoms. The van der Waals surface area contributed by atoms with Crippen molar-refractivity contribution in [2.75, 3.05) is 19.6 Å². The molecule has 0 heterocycles. The lowest BCUT2D eigenvalue weighted by Crippen LogP contribution is -2.39. The minimum atomic E-state index is -0.417. The minimum Gasteiger partial charge on any atom is -0.444 e. The summed E-state index contributed by atoms with van der Waals surface area (Å²) in [4.78, 5) is 13.8. The van der Waals surface area contributed by atoms with Gasteiger partial charge in [-0.05, 0) is 59.4 Å². The Kier molecular flexibility index (Phi) is 8.23. The van der Waals surface area contributed by atoms with E-state index in [1.165, 1.54) is 32.1 Å². The van der Waals surface area contributed by atoms with Crippen LogP contribution < -0.4 is 5.32 Å². The molecule has 0 aliphatic heterocycles. The summed E-state index contributed by atoms with van der Waals surface area (Å²) in [7, 11) is 0. The summed E-state index contributed by atoms with van der Waals surface area (Å²) in [6.45, 7) is 12.5. The van der Waals surface area contributed by atoms with Gasteiger partial charge in [0.05, 0.1) is 0 Å². The predicted octanol–water partition coefficient (Wildman–Crippen LogP) is 4.19. The van der Waals surface area contributed by atoms with Gasteiger partial charge in [-0.1, -0.05) is 26.2 Å². The Morgan fingerprint density at radius 3 is 2.59 bits per heavy atom. The van der Waals surface area contributed by atoms with Crippen LogP contribution in [0.4, 0.5) is 4.79 Å². The first-order valence-electron chi connectivity index (χ1n) is 9.07. The van der Waals surface area contributed by atoms with Crippen molar-refractivity contribution in [3.8, 4) is 0 Å². The van der Waals surface area contributed by atoms with Gasteiger partial charge >= 0.3 is 6.09 Å². The summed E-state index contributed by atoms with van der Waals surface area (Å²) < 4.78 is 5.43. The van der Waals surface area contributed by atoms with E-state index in [4.69, 9.17) is 4.74 Å². The first kappa shape index (κ1) is 19.3. The fourth-order valence-electron chi connectivity index (χ4n) is 3.13. The van der Waals surface area contributed by atoms with Gasteiger partial charge in [0.2, 0.25) is 0 Å². The van der Waals surface area contributed by atoms with Crippen LogP contribution in [0.5, 0.6) is 0 Å². The third-order valence-electron chi connectivity index (χ3n) is 4.43. The van der Waals surface area contributed by atoms with Crippen LogP contribution >= 0.6 is 0 Å². The fourth-order valence-corrected chi connectivity index (χ4v) is 3.13. The number of amides is 1. The molecule has 4 heteroatoms. The molecule has 2 atom stereocenters. The van der Waals surface area contributed by atoms with E-state index in [2.05, 4.69) is 12.2 Å². The second-order valence-corrected chi connectivity index (χ2v) is 7.51. The minimum absolute atomic E-state index is 0.196. The molecule has 2 unspecified atom stereocenters. The molecule has 1 saturated carbocycles. The molecule has 0 aromatic heterocycles. The Labute approximate surface area is 137 Å². The zero-order valence-electron chi connectivity index (χ0n) is 15.3. The summed E-state index contributed by atoms with van der Waals surface area (Å²) in [5.41, 5.74) is -0.417. The van der Waals surface area contributed by atoms with Crippen molar-refractivity contribution in [2.45, 2.75) is 84.8 Å². The van der Waals surface area contributed by atoms with Crippen LogP contribution in [0.3, 0.4) is 0 Å². The van der Waals surface area contributed by atoms with Crippen molar-refractivity contribution in [1.29, 1.82) is 0 Å². The maximum atomic E-state index is 12.1. The number of nitrogens with zero attached hydrogens (tertiary/aromatic N) is 1. The number of ether oxygens (including phenoxy) is 1. The number of nitrogens with one attached hydrogen (secondary N) is 1. The molecular weight excluding hydrogens is 276 g/mol. The van der Waals surface area contributed by atoms with Crippen LogP contribution in [0.2, 0.25) is 0 Å². The molecule has 0 radical (unpaired) electrons. The SMILES string of the molecule is CCC1CCCC(NCCCN(CC)C(=O)OC(C)(C)C)C1. The number of hydrogen-bond donors (Lipinski definition) is 1. The number of hydrogen-bond acceptors (Lipinski definition) is 3. The summed E-state index contributed by atoms with van der Waals surface area (Å²) in [5.74, 6) is 0.903. The molecule has 1 N–H and O–H groups in total. The fraction of sp³-hybridized carbons (Fsp3) is 0.944. The van der Waals surface area contributed by atoms with Gasteiger partial charge in [0.1, 0.15) is 5.60 Å². The van der Waals surface area contributed by atoms with Gasteiger partial charge in [-0.25, -0.2) is 4.79 Å². The molecular formula is C18H36N2O2. The van der Waals surface area contributed by atoms with E-state index in [-0.39, 0.29) is 6.09 Å². The molecule has 1 aliphatic carbocycles. The van der Waals surface area contributed by atoms with Gasteiger partial charge in [-0.3, -0.25) is 0 Å². The molecule has 0 spiro atoms. The van der Waals surface area contributed by atoms with Crippen LogP contribution in [0, 0.1) is 5.92 Å². The Balaban J connectivity index is 2.22. The van der Waals surface area contributed by atoms with Gasteiger partial charge in [-0.2, -0.15) is 0 Å². The lowest BCUT2D eigenvalue weighted by Gasteiger charge is -2.30. The van der Waals surface area contributed by atoms with Crippen molar-refractivity contribution in [3.05, 3.63) is 0 Å². The molecule has 1 amide bonds. The molecule has 0 bridgehead atoms. The van der Waals surface area contributed by atoms with E-state index in [1.807, 2.05) is 27.7 Å². The van der Waals surface area contributed by atoms with Gasteiger partial charge in [0.25, 0.3) is 0 Å². The van der Waals surface area contributed by atoms with Crippen LogP contribution in [-0.4, -0.2) is 42.3 Å². The molecule has 130 valence electrons. The lowest BCUT2D eigenvalue weighted by molar-refractivity contribution is 0.0258. The second-order valence-electron chi connectivity index (χ2n) is 7.51. The number of carbonyl (C=O) groups is 1. The van der Waals surface area contributed by atoms with Crippen molar-refractivity contribution >= 4 is 6.09 Å². The highest BCUT2D eigenvalue weighted by Crippen LogP contribution is 2.26. The number of rotatable bonds is 7. The second kappa shape index (κ2) is 9.39. The van der Waals surface area contributed by atoms with Crippen molar-refractivity contribution < 1.29 is 9.53 Å². The predicted molar refractivity (Wildman–Crippen MR) is 92.1 cm³/mol. The first-order valence-corrected chi connectivity index (χ1v) is 9.07. The summed E-state index contributed by atoms with van der Waals surface area (Å²) >= 11 is 0. The quantitative estimate of drug-likeness (QED) is 0.717. The average molecular weight is 312 g/mol. The summed E-state index contributed by atoms with van der Waals surface area (Å²) in [6, 6.07) is 0.676. The zero-order chi connectivity index (χ0) is 16.6. The van der Waals surface area contributed by atoms with Crippen LogP contribution in [-0.2, 0) is 4.74 Å². The maximum Gasteiger partial charge on any atom is 0.410 e. The molecule has 1 aliphatic rings. The van der Waals surface area contributed by atoms with Crippen LogP contribution in [0.15, 0.2) is 0 Å². The van der Waals surface area contributed by atoms with E-state index in [0.717, 1.165) is 25.4 Å². The molecule has 1 rings (SSSR count). The Morgan fingerprint density at radius 2 is 2.00 bits per heavy atom. The van der Waals surface area contributed by atoms with E-state index in [1.54, 1.807) is 4.90 Å². The topological polar surface area (TPSA) is 41.6 Å². The van der Waals surface area contributed by atoms with Crippen LogP contribution in [0.1, 0.15) is 73.1 Å². The Bertz CT molecular complexity index is 326. The first-order chi connectivity index (χ1) is 10.4. The smallest absolute Gasteiger partial charge is 0.410 e. The van der Waals surface area contributed by atoms with Crippen LogP contribution in [0.25, 0.3) is 0 Å². The van der Waals surface area contributed by atoms with E-state index >= 15 is 0 Å². The van der Waals surface area contributed by atoms with E-state index < -0.39 is 5.60 Å². The molecule has 4 nitrogen and oxygen atoms in total. The maximum absolute atomic E-state index is 12.1. The van der Waals surface area contributed by atoms with Gasteiger partial charge in [0.15, 0.2) is 0 Å². The van der Waals surface area contributed by atoms with Crippen molar-refractivity contribution in [2.24, 2.45) is 5.92 Å². The highest BCUT2D eigenvalue weighted by molar-refractivity contribution is 5.68. The highest BCUT2D eigenvalue weighted by atomic mass is 16.6. The monoisotopic (exact) mass is 312 g/mol. The molecule has 0 saturated heterocycles. The molecule has 0 aromatic carbocycles. The Morgan fingerprint density at radius 1 is 1.27 bits per heavy atom. The summed E-state index contributed by atoms with van der Waals surface area (Å²) in [6.07, 6.45) is 7.48. The zero-order valence-corrected chi connectivity index (χ0v) is 15.3.